The van der Waals surface area contributed by atoms with Crippen LogP contribution >= 0.6 is 23.4 Å². The number of carbonyl (C=O) groups is 1. The summed E-state index contributed by atoms with van der Waals surface area (Å²) in [7, 11) is 0. The van der Waals surface area contributed by atoms with Gasteiger partial charge >= 0.3 is 6.09 Å². The van der Waals surface area contributed by atoms with E-state index in [-0.39, 0.29) is 18.2 Å². The Labute approximate surface area is 243 Å². The van der Waals surface area contributed by atoms with E-state index < -0.39 is 5.60 Å². The summed E-state index contributed by atoms with van der Waals surface area (Å²) in [6.45, 7) is 8.36. The number of nitrogens with zero attached hydrogens (tertiary/aromatic N) is 4. The zero-order valence-electron chi connectivity index (χ0n) is 23.1. The molecule has 2 aromatic heterocycles. The van der Waals surface area contributed by atoms with E-state index >= 15 is 0 Å². The summed E-state index contributed by atoms with van der Waals surface area (Å²) >= 11 is 8.34. The topological polar surface area (TPSA) is 98.7 Å². The maximum atomic E-state index is 12.4. The van der Waals surface area contributed by atoms with Crippen LogP contribution in [0.15, 0.2) is 35.6 Å². The number of rotatable bonds is 7. The van der Waals surface area contributed by atoms with Crippen LogP contribution in [-0.4, -0.2) is 71.4 Å². The lowest BCUT2D eigenvalue weighted by Gasteiger charge is -2.26. The average Bonchev–Trinajstić information content (AvgIpc) is 3.29. The Morgan fingerprint density at radius 2 is 2.05 bits per heavy atom. The maximum absolute atomic E-state index is 12.4. The Morgan fingerprint density at radius 1 is 1.25 bits per heavy atom. The molecular weight excluding hydrogens is 550 g/mol. The minimum absolute atomic E-state index is 0.0829. The highest BCUT2D eigenvalue weighted by molar-refractivity contribution is 7.98. The normalized spacial score (nSPS) is 23.8. The van der Waals surface area contributed by atoms with Gasteiger partial charge in [0.05, 0.1) is 11.1 Å². The summed E-state index contributed by atoms with van der Waals surface area (Å²) in [4.78, 5) is 28.8. The zero-order valence-corrected chi connectivity index (χ0v) is 24.7. The summed E-state index contributed by atoms with van der Waals surface area (Å²) in [5.74, 6) is 2.15. The predicted molar refractivity (Wildman–Crippen MR) is 156 cm³/mol. The molecule has 0 spiro atoms. The molecule has 9 nitrogen and oxygen atoms in total. The van der Waals surface area contributed by atoms with Crippen LogP contribution < -0.4 is 15.0 Å². The second kappa shape index (κ2) is 10.9. The van der Waals surface area contributed by atoms with E-state index in [1.54, 1.807) is 6.20 Å². The van der Waals surface area contributed by atoms with Crippen LogP contribution in [0.4, 0.5) is 10.6 Å². The molecule has 11 heteroatoms. The molecule has 6 rings (SSSR count). The Morgan fingerprint density at radius 3 is 2.75 bits per heavy atom. The number of hydrogen-bond donors (Lipinski definition) is 1. The van der Waals surface area contributed by atoms with Crippen molar-refractivity contribution >= 4 is 46.3 Å². The Kier molecular flexibility index (Phi) is 7.43. The molecule has 3 aliphatic rings. The molecule has 1 amide bonds. The minimum atomic E-state index is -0.528. The third-order valence-electron chi connectivity index (χ3n) is 7.58. The van der Waals surface area contributed by atoms with Crippen LogP contribution in [0.25, 0.3) is 22.2 Å². The number of carbonyl (C=O) groups excluding carboxylic acids is 1. The van der Waals surface area contributed by atoms with Crippen molar-refractivity contribution in [3.8, 4) is 16.9 Å². The van der Waals surface area contributed by atoms with Gasteiger partial charge in [0.2, 0.25) is 0 Å². The summed E-state index contributed by atoms with van der Waals surface area (Å²) in [5.41, 5.74) is 1.78. The summed E-state index contributed by atoms with van der Waals surface area (Å²) < 4.78 is 17.5. The molecule has 2 aliphatic heterocycles. The molecule has 1 N–H and O–H groups in total. The van der Waals surface area contributed by atoms with E-state index in [2.05, 4.69) is 26.3 Å². The largest absolute Gasteiger partial charge is 0.490 e. The molecule has 3 aromatic rings. The van der Waals surface area contributed by atoms with Gasteiger partial charge in [-0.3, -0.25) is 0 Å². The minimum Gasteiger partial charge on any atom is -0.490 e. The van der Waals surface area contributed by atoms with Crippen LogP contribution in [0.5, 0.6) is 5.75 Å². The molecular formula is C29H34ClN5O4S. The third-order valence-corrected chi connectivity index (χ3v) is 8.46. The van der Waals surface area contributed by atoms with Gasteiger partial charge in [-0.1, -0.05) is 29.4 Å². The number of anilines is 1. The van der Waals surface area contributed by atoms with E-state index in [4.69, 9.17) is 30.8 Å². The number of aromatic nitrogens is 3. The van der Waals surface area contributed by atoms with Gasteiger partial charge in [-0.2, -0.15) is 0 Å². The van der Waals surface area contributed by atoms with Crippen molar-refractivity contribution in [1.29, 1.82) is 0 Å². The van der Waals surface area contributed by atoms with Crippen molar-refractivity contribution in [2.75, 3.05) is 37.5 Å². The molecule has 1 aliphatic carbocycles. The number of halogens is 1. The monoisotopic (exact) mass is 583 g/mol. The number of amides is 1. The number of hydrogen-bond acceptors (Lipinski definition) is 9. The Hall–Kier alpha value is -2.82. The van der Waals surface area contributed by atoms with Crippen molar-refractivity contribution in [1.82, 2.24) is 20.3 Å². The van der Waals surface area contributed by atoms with Gasteiger partial charge < -0.3 is 24.4 Å². The van der Waals surface area contributed by atoms with Crippen LogP contribution in [0.1, 0.15) is 33.6 Å². The maximum Gasteiger partial charge on any atom is 0.407 e. The molecule has 3 atom stereocenters. The molecule has 212 valence electrons. The average molecular weight is 584 g/mol. The van der Waals surface area contributed by atoms with Gasteiger partial charge in [0.15, 0.2) is 10.8 Å². The molecule has 1 aromatic carbocycles. The predicted octanol–water partition coefficient (Wildman–Crippen LogP) is 5.58. The fraction of sp³-hybridized carbons (Fsp3) is 0.517. The van der Waals surface area contributed by atoms with Gasteiger partial charge in [-0.05, 0) is 58.1 Å². The fourth-order valence-corrected chi connectivity index (χ4v) is 6.27. The molecule has 4 heterocycles. The summed E-state index contributed by atoms with van der Waals surface area (Å²) in [6, 6.07) is 7.88. The zero-order chi connectivity index (χ0) is 28.0. The van der Waals surface area contributed by atoms with Crippen molar-refractivity contribution in [2.24, 2.45) is 11.8 Å². The summed E-state index contributed by atoms with van der Waals surface area (Å²) in [6.07, 6.45) is 5.51. The number of alkyl carbamates (subject to hydrolysis) is 1. The van der Waals surface area contributed by atoms with Crippen molar-refractivity contribution in [2.45, 2.75) is 56.5 Å². The van der Waals surface area contributed by atoms with Gasteiger partial charge in [-0.15, -0.1) is 0 Å². The first-order chi connectivity index (χ1) is 19.2. The van der Waals surface area contributed by atoms with Gasteiger partial charge in [0, 0.05) is 60.3 Å². The smallest absolute Gasteiger partial charge is 0.407 e. The SMILES string of the molecule is CSc1ncc2cc(-c3c(Cl)cccc3OCC3CCCO3)c(N3CC4C(C3)C4NC(=O)OC(C)(C)C)nc2n1. The highest BCUT2D eigenvalue weighted by Gasteiger charge is 2.57. The van der Waals surface area contributed by atoms with Crippen LogP contribution in [0.2, 0.25) is 5.02 Å². The molecule has 3 unspecified atom stereocenters. The highest BCUT2D eigenvalue weighted by atomic mass is 35.5. The van der Waals surface area contributed by atoms with E-state index in [1.165, 1.54) is 11.8 Å². The number of nitrogens with one attached hydrogen (secondary N) is 1. The van der Waals surface area contributed by atoms with E-state index in [0.717, 1.165) is 54.9 Å². The lowest BCUT2D eigenvalue weighted by Crippen LogP contribution is -2.38. The number of fused-ring (bicyclic) bond motifs is 2. The second-order valence-electron chi connectivity index (χ2n) is 11.6. The number of piperidine rings is 1. The lowest BCUT2D eigenvalue weighted by atomic mass is 10.0. The molecule has 0 bridgehead atoms. The van der Waals surface area contributed by atoms with Crippen LogP contribution in [-0.2, 0) is 9.47 Å². The summed E-state index contributed by atoms with van der Waals surface area (Å²) in [5, 5.41) is 5.14. The first-order valence-corrected chi connectivity index (χ1v) is 15.3. The number of pyridine rings is 1. The standard InChI is InChI=1S/C29H34ClN5O4S/c1-29(2,3)39-28(36)32-24-19-13-35(14-20(19)24)26-18(11-16-12-31-27(40-4)34-25(16)33-26)23-21(30)8-5-9-22(23)38-15-17-7-6-10-37-17/h5,8-9,11-12,17,19-20,24H,6-7,10,13-15H2,1-4H3,(H,32,36). The third kappa shape index (κ3) is 5.66. The van der Waals surface area contributed by atoms with E-state index in [9.17, 15) is 4.79 Å². The molecule has 1 saturated carbocycles. The number of thioether (sulfide) groups is 1. The van der Waals surface area contributed by atoms with Crippen LogP contribution in [0.3, 0.4) is 0 Å². The number of benzene rings is 1. The highest BCUT2D eigenvalue weighted by Crippen LogP contribution is 2.50. The van der Waals surface area contributed by atoms with Gasteiger partial charge in [0.1, 0.15) is 23.8 Å². The molecule has 40 heavy (non-hydrogen) atoms. The first-order valence-electron chi connectivity index (χ1n) is 13.7. The Balaban J connectivity index is 1.31. The molecule has 2 saturated heterocycles. The van der Waals surface area contributed by atoms with Crippen LogP contribution in [0, 0.1) is 11.8 Å². The second-order valence-corrected chi connectivity index (χ2v) is 12.8. The van der Waals surface area contributed by atoms with E-state index in [0.29, 0.717) is 40.0 Å². The lowest BCUT2D eigenvalue weighted by molar-refractivity contribution is 0.0518. The van der Waals surface area contributed by atoms with Crippen molar-refractivity contribution in [3.05, 3.63) is 35.5 Å². The van der Waals surface area contributed by atoms with Crippen molar-refractivity contribution < 1.29 is 19.0 Å². The fourth-order valence-electron chi connectivity index (χ4n) is 5.66. The Bertz CT molecular complexity index is 1420. The first kappa shape index (κ1) is 27.4. The molecule has 0 radical (unpaired) electrons. The quantitative estimate of drug-likeness (QED) is 0.282. The molecule has 3 fully saturated rings. The van der Waals surface area contributed by atoms with E-state index in [1.807, 2.05) is 45.2 Å². The number of ether oxygens (including phenoxy) is 3. The van der Waals surface area contributed by atoms with Gasteiger partial charge in [0.25, 0.3) is 0 Å². The van der Waals surface area contributed by atoms with Gasteiger partial charge in [-0.25, -0.2) is 19.7 Å². The van der Waals surface area contributed by atoms with Crippen molar-refractivity contribution in [3.63, 3.8) is 0 Å².